The fourth-order valence-electron chi connectivity index (χ4n) is 3.03. The molecule has 4 rings (SSSR count). The number of ether oxygens (including phenoxy) is 1. The van der Waals surface area contributed by atoms with Gasteiger partial charge in [-0.2, -0.15) is 0 Å². The van der Waals surface area contributed by atoms with Crippen molar-refractivity contribution in [2.45, 2.75) is 43.9 Å². The lowest BCUT2D eigenvalue weighted by molar-refractivity contribution is 0.00761. The second kappa shape index (κ2) is 6.06. The summed E-state index contributed by atoms with van der Waals surface area (Å²) in [6.07, 6.45) is 3.68. The monoisotopic (exact) mass is 329 g/mol. The summed E-state index contributed by atoms with van der Waals surface area (Å²) in [4.78, 5) is 0. The summed E-state index contributed by atoms with van der Waals surface area (Å²) in [5, 5.41) is 14.3. The molecule has 0 bridgehead atoms. The van der Waals surface area contributed by atoms with Crippen molar-refractivity contribution in [1.29, 1.82) is 0 Å². The molecular formula is C19H20ClNO2. The van der Waals surface area contributed by atoms with E-state index >= 15 is 0 Å². The van der Waals surface area contributed by atoms with Gasteiger partial charge in [-0.05, 0) is 72.9 Å². The summed E-state index contributed by atoms with van der Waals surface area (Å²) in [6, 6.07) is 13.4. The summed E-state index contributed by atoms with van der Waals surface area (Å²) < 4.78 is 5.57. The van der Waals surface area contributed by atoms with Crippen LogP contribution < -0.4 is 10.1 Å². The lowest BCUT2D eigenvalue weighted by Crippen LogP contribution is -2.27. The van der Waals surface area contributed by atoms with Crippen molar-refractivity contribution in [1.82, 2.24) is 0 Å². The number of hydrogen-bond donors (Lipinski definition) is 2. The number of halogens is 1. The summed E-state index contributed by atoms with van der Waals surface area (Å²) in [5.74, 6) is 1.75. The maximum absolute atomic E-state index is 10.3. The minimum atomic E-state index is -1.08. The Hall–Kier alpha value is -1.71. The van der Waals surface area contributed by atoms with E-state index in [4.69, 9.17) is 16.3 Å². The lowest BCUT2D eigenvalue weighted by atomic mass is 10.00. The number of nitrogens with one attached hydrogen (secondary N) is 1. The van der Waals surface area contributed by atoms with Crippen LogP contribution in [0.25, 0.3) is 0 Å². The number of rotatable bonds is 6. The number of hydrogen-bond acceptors (Lipinski definition) is 3. The average molecular weight is 330 g/mol. The van der Waals surface area contributed by atoms with Crippen molar-refractivity contribution in [3.8, 4) is 5.75 Å². The molecular weight excluding hydrogens is 310 g/mol. The van der Waals surface area contributed by atoms with Gasteiger partial charge in [-0.1, -0.05) is 29.8 Å². The van der Waals surface area contributed by atoms with Gasteiger partial charge in [0, 0.05) is 10.7 Å². The second-order valence-electron chi connectivity index (χ2n) is 6.44. The Bertz CT molecular complexity index is 663. The van der Waals surface area contributed by atoms with Crippen molar-refractivity contribution in [2.24, 2.45) is 0 Å². The molecule has 2 aliphatic rings. The molecule has 2 aliphatic carbocycles. The van der Waals surface area contributed by atoms with Gasteiger partial charge in [0.05, 0.1) is 0 Å². The molecule has 2 aromatic rings. The zero-order valence-electron chi connectivity index (χ0n) is 12.8. The Morgan fingerprint density at radius 2 is 1.57 bits per heavy atom. The van der Waals surface area contributed by atoms with Gasteiger partial charge in [0.1, 0.15) is 5.75 Å². The highest BCUT2D eigenvalue weighted by Crippen LogP contribution is 2.51. The standard InChI is InChI=1S/C19H20ClNO2/c20-14-10-16(12-6-7-12)18(17(11-14)13-8-9-13)21-19(22)23-15-4-2-1-3-5-15/h1-5,10-13,19,21-22H,6-9H2. The van der Waals surface area contributed by atoms with Crippen LogP contribution in [-0.2, 0) is 0 Å². The van der Waals surface area contributed by atoms with Gasteiger partial charge < -0.3 is 15.2 Å². The fourth-order valence-corrected chi connectivity index (χ4v) is 3.27. The van der Waals surface area contributed by atoms with Gasteiger partial charge in [-0.25, -0.2) is 0 Å². The molecule has 1 unspecified atom stereocenters. The second-order valence-corrected chi connectivity index (χ2v) is 6.87. The molecule has 2 saturated carbocycles. The zero-order valence-corrected chi connectivity index (χ0v) is 13.6. The Morgan fingerprint density at radius 3 is 2.09 bits per heavy atom. The molecule has 0 radical (unpaired) electrons. The Kier molecular flexibility index (Phi) is 3.92. The third kappa shape index (κ3) is 3.46. The molecule has 2 fully saturated rings. The normalized spacial score (nSPS) is 18.5. The molecule has 3 nitrogen and oxygen atoms in total. The van der Waals surface area contributed by atoms with Crippen LogP contribution in [0, 0.1) is 0 Å². The molecule has 0 aliphatic heterocycles. The molecule has 0 aromatic heterocycles. The predicted octanol–water partition coefficient (Wildman–Crippen LogP) is 4.86. The molecule has 2 N–H and O–H groups in total. The van der Waals surface area contributed by atoms with Crippen molar-refractivity contribution in [2.75, 3.05) is 5.32 Å². The van der Waals surface area contributed by atoms with E-state index in [0.717, 1.165) is 10.7 Å². The van der Waals surface area contributed by atoms with E-state index in [9.17, 15) is 5.11 Å². The van der Waals surface area contributed by atoms with Crippen LogP contribution in [0.2, 0.25) is 5.02 Å². The minimum Gasteiger partial charge on any atom is -0.447 e. The minimum absolute atomic E-state index is 0.553. The van der Waals surface area contributed by atoms with Crippen molar-refractivity contribution in [3.05, 3.63) is 58.6 Å². The molecule has 2 aromatic carbocycles. The van der Waals surface area contributed by atoms with E-state index in [1.807, 2.05) is 42.5 Å². The maximum atomic E-state index is 10.3. The fraction of sp³-hybridized carbons (Fsp3) is 0.368. The number of para-hydroxylation sites is 1. The first-order valence-corrected chi connectivity index (χ1v) is 8.58. The number of anilines is 1. The number of benzene rings is 2. The molecule has 4 heteroatoms. The van der Waals surface area contributed by atoms with Crippen LogP contribution in [0.15, 0.2) is 42.5 Å². The predicted molar refractivity (Wildman–Crippen MR) is 92.1 cm³/mol. The first kappa shape index (κ1) is 14.9. The Labute approximate surface area is 141 Å². The quantitative estimate of drug-likeness (QED) is 0.743. The highest BCUT2D eigenvalue weighted by molar-refractivity contribution is 6.30. The molecule has 0 saturated heterocycles. The molecule has 0 amide bonds. The zero-order chi connectivity index (χ0) is 15.8. The van der Waals surface area contributed by atoms with E-state index in [1.54, 1.807) is 0 Å². The highest BCUT2D eigenvalue weighted by Gasteiger charge is 2.33. The number of aliphatic hydroxyl groups is 1. The first-order chi connectivity index (χ1) is 11.2. The topological polar surface area (TPSA) is 41.5 Å². The van der Waals surface area contributed by atoms with Gasteiger partial charge in [0.2, 0.25) is 0 Å². The summed E-state index contributed by atoms with van der Waals surface area (Å²) in [7, 11) is 0. The highest BCUT2D eigenvalue weighted by atomic mass is 35.5. The molecule has 23 heavy (non-hydrogen) atoms. The first-order valence-electron chi connectivity index (χ1n) is 8.20. The lowest BCUT2D eigenvalue weighted by Gasteiger charge is -2.21. The van der Waals surface area contributed by atoms with Crippen molar-refractivity contribution >= 4 is 17.3 Å². The van der Waals surface area contributed by atoms with Gasteiger partial charge in [0.25, 0.3) is 6.41 Å². The van der Waals surface area contributed by atoms with E-state index in [-0.39, 0.29) is 0 Å². The Balaban J connectivity index is 1.59. The van der Waals surface area contributed by atoms with Crippen LogP contribution in [-0.4, -0.2) is 11.5 Å². The van der Waals surface area contributed by atoms with Crippen LogP contribution >= 0.6 is 11.6 Å². The van der Waals surface area contributed by atoms with Gasteiger partial charge >= 0.3 is 0 Å². The molecule has 0 heterocycles. The van der Waals surface area contributed by atoms with E-state index in [2.05, 4.69) is 5.32 Å². The molecule has 120 valence electrons. The number of aliphatic hydroxyl groups excluding tert-OH is 1. The van der Waals surface area contributed by atoms with Crippen LogP contribution in [0.5, 0.6) is 5.75 Å². The summed E-state index contributed by atoms with van der Waals surface area (Å²) in [5.41, 5.74) is 3.45. The van der Waals surface area contributed by atoms with E-state index < -0.39 is 6.41 Å². The maximum Gasteiger partial charge on any atom is 0.279 e. The van der Waals surface area contributed by atoms with Crippen LogP contribution in [0.3, 0.4) is 0 Å². The SMILES string of the molecule is OC(Nc1c(C2CC2)cc(Cl)cc1C1CC1)Oc1ccccc1. The van der Waals surface area contributed by atoms with E-state index in [0.29, 0.717) is 17.6 Å². The van der Waals surface area contributed by atoms with Crippen molar-refractivity contribution in [3.63, 3.8) is 0 Å². The van der Waals surface area contributed by atoms with Crippen molar-refractivity contribution < 1.29 is 9.84 Å². The Morgan fingerprint density at radius 1 is 1.00 bits per heavy atom. The molecule has 0 spiro atoms. The van der Waals surface area contributed by atoms with E-state index in [1.165, 1.54) is 36.8 Å². The van der Waals surface area contributed by atoms with Gasteiger partial charge in [0.15, 0.2) is 0 Å². The largest absolute Gasteiger partial charge is 0.447 e. The van der Waals surface area contributed by atoms with Gasteiger partial charge in [-0.15, -0.1) is 0 Å². The van der Waals surface area contributed by atoms with Gasteiger partial charge in [-0.3, -0.25) is 0 Å². The summed E-state index contributed by atoms with van der Waals surface area (Å²) >= 11 is 6.31. The molecule has 1 atom stereocenters. The third-order valence-electron chi connectivity index (χ3n) is 4.46. The van der Waals surface area contributed by atoms with Crippen LogP contribution in [0.1, 0.15) is 48.6 Å². The third-order valence-corrected chi connectivity index (χ3v) is 4.68. The summed E-state index contributed by atoms with van der Waals surface area (Å²) in [6.45, 7) is 0. The average Bonchev–Trinajstić information content (AvgIpc) is 3.41. The van der Waals surface area contributed by atoms with Crippen LogP contribution in [0.4, 0.5) is 5.69 Å². The smallest absolute Gasteiger partial charge is 0.279 e.